The summed E-state index contributed by atoms with van der Waals surface area (Å²) in [5.41, 5.74) is 3.19. The molecule has 0 spiro atoms. The summed E-state index contributed by atoms with van der Waals surface area (Å²) in [6, 6.07) is 14.2. The first-order valence-electron chi connectivity index (χ1n) is 10.5. The number of carbonyl (C=O) groups excluding carboxylic acids is 1. The number of nitrogens with zero attached hydrogens (tertiary/aromatic N) is 3. The van der Waals surface area contributed by atoms with E-state index >= 15 is 0 Å². The SMILES string of the molecule is O=C(c1ccc(CN2CCCC2)cc1)N1CCN(c2ccc3c(c2)OCO3)CC1. The van der Waals surface area contributed by atoms with Gasteiger partial charge in [-0.05, 0) is 55.8 Å². The first kappa shape index (κ1) is 18.3. The molecular weight excluding hydrogens is 366 g/mol. The molecule has 3 aliphatic heterocycles. The Morgan fingerprint density at radius 3 is 2.31 bits per heavy atom. The lowest BCUT2D eigenvalue weighted by Gasteiger charge is -2.36. The van der Waals surface area contributed by atoms with Crippen molar-refractivity contribution in [1.82, 2.24) is 9.80 Å². The molecule has 0 bridgehead atoms. The second kappa shape index (κ2) is 7.95. The van der Waals surface area contributed by atoms with Crippen LogP contribution in [0.5, 0.6) is 11.5 Å². The fourth-order valence-electron chi connectivity index (χ4n) is 4.38. The minimum absolute atomic E-state index is 0.128. The first-order valence-corrected chi connectivity index (χ1v) is 10.5. The van der Waals surface area contributed by atoms with Crippen molar-refractivity contribution in [1.29, 1.82) is 0 Å². The molecule has 3 aliphatic rings. The Labute approximate surface area is 171 Å². The summed E-state index contributed by atoms with van der Waals surface area (Å²) in [6.45, 7) is 6.74. The summed E-state index contributed by atoms with van der Waals surface area (Å²) >= 11 is 0. The third kappa shape index (κ3) is 3.90. The van der Waals surface area contributed by atoms with Gasteiger partial charge in [0.25, 0.3) is 5.91 Å². The number of hydrogen-bond acceptors (Lipinski definition) is 5. The number of benzene rings is 2. The van der Waals surface area contributed by atoms with Gasteiger partial charge in [0.05, 0.1) is 0 Å². The number of carbonyl (C=O) groups is 1. The Kier molecular flexibility index (Phi) is 5.02. The van der Waals surface area contributed by atoms with Crippen LogP contribution in [0.4, 0.5) is 5.69 Å². The molecule has 2 aromatic rings. The average Bonchev–Trinajstić information content (AvgIpc) is 3.45. The number of ether oxygens (including phenoxy) is 2. The van der Waals surface area contributed by atoms with E-state index in [0.29, 0.717) is 0 Å². The molecule has 5 rings (SSSR count). The van der Waals surface area contributed by atoms with Crippen LogP contribution in [0.25, 0.3) is 0 Å². The summed E-state index contributed by atoms with van der Waals surface area (Å²) in [6.07, 6.45) is 2.60. The minimum atomic E-state index is 0.128. The highest BCUT2D eigenvalue weighted by molar-refractivity contribution is 5.94. The van der Waals surface area contributed by atoms with Crippen molar-refractivity contribution in [3.05, 3.63) is 53.6 Å². The number of rotatable bonds is 4. The average molecular weight is 393 g/mol. The van der Waals surface area contributed by atoms with Crippen molar-refractivity contribution in [2.24, 2.45) is 0 Å². The fourth-order valence-corrected chi connectivity index (χ4v) is 4.38. The topological polar surface area (TPSA) is 45.3 Å². The number of piperazine rings is 1. The Morgan fingerprint density at radius 2 is 1.55 bits per heavy atom. The van der Waals surface area contributed by atoms with Gasteiger partial charge in [0, 0.05) is 50.0 Å². The minimum Gasteiger partial charge on any atom is -0.454 e. The summed E-state index contributed by atoms with van der Waals surface area (Å²) < 4.78 is 10.9. The van der Waals surface area contributed by atoms with Gasteiger partial charge in [0.15, 0.2) is 11.5 Å². The Balaban J connectivity index is 1.17. The molecule has 3 heterocycles. The Bertz CT molecular complexity index is 869. The highest BCUT2D eigenvalue weighted by atomic mass is 16.7. The van der Waals surface area contributed by atoms with Crippen LogP contribution in [-0.2, 0) is 6.54 Å². The van der Waals surface area contributed by atoms with Crippen molar-refractivity contribution < 1.29 is 14.3 Å². The molecule has 29 heavy (non-hydrogen) atoms. The largest absolute Gasteiger partial charge is 0.454 e. The second-order valence-electron chi connectivity index (χ2n) is 8.00. The lowest BCUT2D eigenvalue weighted by atomic mass is 10.1. The van der Waals surface area contributed by atoms with Gasteiger partial charge in [-0.25, -0.2) is 0 Å². The molecule has 0 aliphatic carbocycles. The van der Waals surface area contributed by atoms with Gasteiger partial charge in [-0.1, -0.05) is 12.1 Å². The van der Waals surface area contributed by atoms with E-state index < -0.39 is 0 Å². The predicted molar refractivity (Wildman–Crippen MR) is 112 cm³/mol. The summed E-state index contributed by atoms with van der Waals surface area (Å²) in [5.74, 6) is 1.73. The Hall–Kier alpha value is -2.73. The Morgan fingerprint density at radius 1 is 0.828 bits per heavy atom. The maximum absolute atomic E-state index is 12.9. The lowest BCUT2D eigenvalue weighted by molar-refractivity contribution is 0.0746. The number of amides is 1. The van der Waals surface area contributed by atoms with E-state index in [1.807, 2.05) is 29.2 Å². The quantitative estimate of drug-likeness (QED) is 0.799. The van der Waals surface area contributed by atoms with E-state index in [9.17, 15) is 4.79 Å². The number of hydrogen-bond donors (Lipinski definition) is 0. The normalized spacial score (nSPS) is 19.0. The molecule has 0 radical (unpaired) electrons. The maximum Gasteiger partial charge on any atom is 0.253 e. The highest BCUT2D eigenvalue weighted by Gasteiger charge is 2.24. The van der Waals surface area contributed by atoms with Gasteiger partial charge >= 0.3 is 0 Å². The zero-order valence-electron chi connectivity index (χ0n) is 16.7. The monoisotopic (exact) mass is 393 g/mol. The van der Waals surface area contributed by atoms with Crippen LogP contribution >= 0.6 is 0 Å². The van der Waals surface area contributed by atoms with Crippen LogP contribution in [0.1, 0.15) is 28.8 Å². The zero-order chi connectivity index (χ0) is 19.6. The molecule has 6 heteroatoms. The van der Waals surface area contributed by atoms with Gasteiger partial charge in [-0.2, -0.15) is 0 Å². The van der Waals surface area contributed by atoms with E-state index in [1.165, 1.54) is 31.5 Å². The van der Waals surface area contributed by atoms with Gasteiger partial charge in [0.1, 0.15) is 0 Å². The van der Waals surface area contributed by atoms with E-state index in [2.05, 4.69) is 28.0 Å². The highest BCUT2D eigenvalue weighted by Crippen LogP contribution is 2.35. The third-order valence-corrected chi connectivity index (χ3v) is 6.09. The smallest absolute Gasteiger partial charge is 0.253 e. The van der Waals surface area contributed by atoms with E-state index in [0.717, 1.165) is 55.5 Å². The van der Waals surface area contributed by atoms with E-state index in [1.54, 1.807) is 0 Å². The first-order chi connectivity index (χ1) is 14.3. The van der Waals surface area contributed by atoms with E-state index in [4.69, 9.17) is 9.47 Å². The summed E-state index contributed by atoms with van der Waals surface area (Å²) in [5, 5.41) is 0. The van der Waals surface area contributed by atoms with Crippen LogP contribution in [0.15, 0.2) is 42.5 Å². The van der Waals surface area contributed by atoms with Crippen LogP contribution < -0.4 is 14.4 Å². The van der Waals surface area contributed by atoms with Gasteiger partial charge in [-0.3, -0.25) is 9.69 Å². The molecule has 152 valence electrons. The third-order valence-electron chi connectivity index (χ3n) is 6.09. The zero-order valence-corrected chi connectivity index (χ0v) is 16.7. The van der Waals surface area contributed by atoms with Gasteiger partial charge < -0.3 is 19.3 Å². The summed E-state index contributed by atoms with van der Waals surface area (Å²) in [4.78, 5) is 19.6. The van der Waals surface area contributed by atoms with Crippen molar-refractivity contribution >= 4 is 11.6 Å². The van der Waals surface area contributed by atoms with Crippen molar-refractivity contribution in [3.63, 3.8) is 0 Å². The fraction of sp³-hybridized carbons (Fsp3) is 0.435. The molecule has 2 fully saturated rings. The molecule has 1 amide bonds. The molecule has 0 N–H and O–H groups in total. The number of anilines is 1. The lowest BCUT2D eigenvalue weighted by Crippen LogP contribution is -2.48. The van der Waals surface area contributed by atoms with Crippen molar-refractivity contribution in [2.45, 2.75) is 19.4 Å². The predicted octanol–water partition coefficient (Wildman–Crippen LogP) is 2.97. The summed E-state index contributed by atoms with van der Waals surface area (Å²) in [7, 11) is 0. The molecular formula is C23H27N3O3. The molecule has 2 saturated heterocycles. The van der Waals surface area contributed by atoms with Crippen LogP contribution in [-0.4, -0.2) is 61.8 Å². The second-order valence-corrected chi connectivity index (χ2v) is 8.00. The maximum atomic E-state index is 12.9. The number of fused-ring (bicyclic) bond motifs is 1. The standard InChI is InChI=1S/C23H27N3O3/c27-23(19-5-3-18(4-6-19)16-24-9-1-2-10-24)26-13-11-25(12-14-26)20-7-8-21-22(15-20)29-17-28-21/h3-8,15H,1-2,9-14,16-17H2. The van der Waals surface area contributed by atoms with E-state index in [-0.39, 0.29) is 12.7 Å². The van der Waals surface area contributed by atoms with Crippen molar-refractivity contribution in [3.8, 4) is 11.5 Å². The van der Waals surface area contributed by atoms with Gasteiger partial charge in [0.2, 0.25) is 6.79 Å². The molecule has 6 nitrogen and oxygen atoms in total. The molecule has 0 aromatic heterocycles. The van der Waals surface area contributed by atoms with Crippen LogP contribution in [0.3, 0.4) is 0 Å². The van der Waals surface area contributed by atoms with Crippen LogP contribution in [0, 0.1) is 0 Å². The number of likely N-dealkylation sites (tertiary alicyclic amines) is 1. The molecule has 0 unspecified atom stereocenters. The van der Waals surface area contributed by atoms with Gasteiger partial charge in [-0.15, -0.1) is 0 Å². The van der Waals surface area contributed by atoms with Crippen molar-refractivity contribution in [2.75, 3.05) is 51.0 Å². The van der Waals surface area contributed by atoms with Crippen LogP contribution in [0.2, 0.25) is 0 Å². The molecule has 0 saturated carbocycles. The molecule has 0 atom stereocenters. The molecule has 2 aromatic carbocycles.